The van der Waals surface area contributed by atoms with Gasteiger partial charge in [-0.2, -0.15) is 0 Å². The molecule has 0 radical (unpaired) electrons. The van der Waals surface area contributed by atoms with E-state index in [-0.39, 0.29) is 0 Å². The molecule has 0 amide bonds. The third-order valence-corrected chi connectivity index (χ3v) is 3.69. The topological polar surface area (TPSA) is 21.3 Å². The smallest absolute Gasteiger partial charge is 0.126 e. The van der Waals surface area contributed by atoms with Crippen LogP contribution in [0.25, 0.3) is 16.8 Å². The van der Waals surface area contributed by atoms with Crippen molar-refractivity contribution in [2.45, 2.75) is 33.2 Å². The van der Waals surface area contributed by atoms with Crippen LogP contribution in [0.5, 0.6) is 5.75 Å². The van der Waals surface area contributed by atoms with Crippen molar-refractivity contribution >= 4 is 16.8 Å². The summed E-state index contributed by atoms with van der Waals surface area (Å²) < 4.78 is 5.46. The molecule has 0 heterocycles. The summed E-state index contributed by atoms with van der Waals surface area (Å²) in [4.78, 5) is 0. The molecule has 21 heavy (non-hydrogen) atoms. The van der Waals surface area contributed by atoms with Crippen molar-refractivity contribution < 1.29 is 4.74 Å². The summed E-state index contributed by atoms with van der Waals surface area (Å²) in [6.45, 7) is 7.50. The van der Waals surface area contributed by atoms with E-state index >= 15 is 0 Å². The Labute approximate surface area is 127 Å². The van der Waals surface area contributed by atoms with Gasteiger partial charge in [0, 0.05) is 18.0 Å². The van der Waals surface area contributed by atoms with E-state index in [1.54, 1.807) is 7.11 Å². The minimum Gasteiger partial charge on any atom is -0.496 e. The molecule has 2 aromatic carbocycles. The van der Waals surface area contributed by atoms with Gasteiger partial charge in [-0.15, -0.1) is 0 Å². The van der Waals surface area contributed by atoms with Crippen molar-refractivity contribution in [2.75, 3.05) is 13.7 Å². The zero-order valence-corrected chi connectivity index (χ0v) is 13.4. The molecule has 0 fully saturated rings. The second-order valence-corrected chi connectivity index (χ2v) is 5.59. The molecule has 0 atom stereocenters. The van der Waals surface area contributed by atoms with Gasteiger partial charge in [-0.25, -0.2) is 0 Å². The monoisotopic (exact) mass is 283 g/mol. The molecule has 2 heteroatoms. The number of rotatable bonds is 6. The maximum Gasteiger partial charge on any atom is 0.126 e. The predicted octanol–water partition coefficient (Wildman–Crippen LogP) is 4.64. The second-order valence-electron chi connectivity index (χ2n) is 5.59. The summed E-state index contributed by atoms with van der Waals surface area (Å²) in [6.07, 6.45) is 3.36. The molecule has 0 saturated carbocycles. The quantitative estimate of drug-likeness (QED) is 0.834. The van der Waals surface area contributed by atoms with E-state index in [0.29, 0.717) is 6.04 Å². The van der Waals surface area contributed by atoms with Crippen LogP contribution in [0.3, 0.4) is 0 Å². The third kappa shape index (κ3) is 3.85. The van der Waals surface area contributed by atoms with Crippen LogP contribution < -0.4 is 10.1 Å². The van der Waals surface area contributed by atoms with Gasteiger partial charge in [0.05, 0.1) is 7.11 Å². The molecule has 2 nitrogen and oxygen atoms in total. The van der Waals surface area contributed by atoms with E-state index in [2.05, 4.69) is 68.6 Å². The molecule has 0 aliphatic heterocycles. The van der Waals surface area contributed by atoms with Crippen molar-refractivity contribution in [2.24, 2.45) is 0 Å². The standard InChI is InChI=1S/C19H25NO/c1-5-15(13-20-14(2)3)12-16-10-11-19(21-4)18-9-7-6-8-17(16)18/h6-12,14,20H,5,13H2,1-4H3/b15-12-. The molecular weight excluding hydrogens is 258 g/mol. The zero-order chi connectivity index (χ0) is 15.2. The Morgan fingerprint density at radius 2 is 1.86 bits per heavy atom. The maximum absolute atomic E-state index is 5.46. The van der Waals surface area contributed by atoms with Crippen LogP contribution in [0, 0.1) is 0 Å². The van der Waals surface area contributed by atoms with Gasteiger partial charge in [-0.3, -0.25) is 0 Å². The average Bonchev–Trinajstić information content (AvgIpc) is 2.51. The van der Waals surface area contributed by atoms with Crippen LogP contribution in [0.15, 0.2) is 42.0 Å². The number of nitrogens with one attached hydrogen (secondary N) is 1. The van der Waals surface area contributed by atoms with E-state index in [1.165, 1.54) is 21.9 Å². The first-order valence-electron chi connectivity index (χ1n) is 7.64. The lowest BCUT2D eigenvalue weighted by Gasteiger charge is -2.12. The molecule has 0 aromatic heterocycles. The first-order chi connectivity index (χ1) is 10.2. The van der Waals surface area contributed by atoms with Gasteiger partial charge in [-0.05, 0) is 23.4 Å². The van der Waals surface area contributed by atoms with E-state index in [0.717, 1.165) is 18.7 Å². The molecule has 2 aromatic rings. The average molecular weight is 283 g/mol. The van der Waals surface area contributed by atoms with Crippen molar-refractivity contribution in [3.8, 4) is 5.75 Å². The Morgan fingerprint density at radius 3 is 2.48 bits per heavy atom. The minimum atomic E-state index is 0.507. The number of hydrogen-bond acceptors (Lipinski definition) is 2. The molecule has 2 rings (SSSR count). The molecule has 0 saturated heterocycles. The van der Waals surface area contributed by atoms with Gasteiger partial charge >= 0.3 is 0 Å². The normalized spacial score (nSPS) is 12.1. The van der Waals surface area contributed by atoms with Crippen LogP contribution in [0.2, 0.25) is 0 Å². The number of methoxy groups -OCH3 is 1. The van der Waals surface area contributed by atoms with Crippen molar-refractivity contribution in [1.82, 2.24) is 5.32 Å². The highest BCUT2D eigenvalue weighted by atomic mass is 16.5. The SMILES string of the molecule is CC/C(=C/c1ccc(OC)c2ccccc12)CNC(C)C. The lowest BCUT2D eigenvalue weighted by Crippen LogP contribution is -2.24. The van der Waals surface area contributed by atoms with Gasteiger partial charge in [0.25, 0.3) is 0 Å². The highest BCUT2D eigenvalue weighted by Crippen LogP contribution is 2.29. The minimum absolute atomic E-state index is 0.507. The van der Waals surface area contributed by atoms with Crippen LogP contribution in [0.4, 0.5) is 0 Å². The molecule has 0 aliphatic rings. The fourth-order valence-corrected chi connectivity index (χ4v) is 2.43. The van der Waals surface area contributed by atoms with E-state index in [1.807, 2.05) is 0 Å². The fourth-order valence-electron chi connectivity index (χ4n) is 2.43. The largest absolute Gasteiger partial charge is 0.496 e. The van der Waals surface area contributed by atoms with Crippen LogP contribution in [0.1, 0.15) is 32.8 Å². The van der Waals surface area contributed by atoms with Gasteiger partial charge in [0.1, 0.15) is 5.75 Å². The van der Waals surface area contributed by atoms with Gasteiger partial charge in [0.2, 0.25) is 0 Å². The summed E-state index contributed by atoms with van der Waals surface area (Å²) in [6, 6.07) is 13.1. The Hall–Kier alpha value is -1.80. The van der Waals surface area contributed by atoms with Crippen LogP contribution in [-0.4, -0.2) is 19.7 Å². The number of benzene rings is 2. The van der Waals surface area contributed by atoms with Crippen molar-refractivity contribution in [1.29, 1.82) is 0 Å². The summed E-state index contributed by atoms with van der Waals surface area (Å²) >= 11 is 0. The zero-order valence-electron chi connectivity index (χ0n) is 13.4. The Bertz CT molecular complexity index is 628. The third-order valence-electron chi connectivity index (χ3n) is 3.69. The first kappa shape index (κ1) is 15.6. The maximum atomic E-state index is 5.46. The van der Waals surface area contributed by atoms with E-state index in [9.17, 15) is 0 Å². The highest BCUT2D eigenvalue weighted by Gasteiger charge is 2.05. The summed E-state index contributed by atoms with van der Waals surface area (Å²) in [5, 5.41) is 5.90. The van der Waals surface area contributed by atoms with Gasteiger partial charge < -0.3 is 10.1 Å². The van der Waals surface area contributed by atoms with E-state index < -0.39 is 0 Å². The first-order valence-corrected chi connectivity index (χ1v) is 7.64. The predicted molar refractivity (Wildman–Crippen MR) is 91.9 cm³/mol. The number of fused-ring (bicyclic) bond motifs is 1. The molecule has 0 spiro atoms. The van der Waals surface area contributed by atoms with Gasteiger partial charge in [0.15, 0.2) is 0 Å². The molecule has 0 unspecified atom stereocenters. The lowest BCUT2D eigenvalue weighted by molar-refractivity contribution is 0.420. The molecule has 0 bridgehead atoms. The lowest BCUT2D eigenvalue weighted by atomic mass is 10.0. The number of ether oxygens (including phenoxy) is 1. The summed E-state index contributed by atoms with van der Waals surface area (Å²) in [5.41, 5.74) is 2.67. The van der Waals surface area contributed by atoms with Crippen LogP contribution >= 0.6 is 0 Å². The Morgan fingerprint density at radius 1 is 1.14 bits per heavy atom. The molecular formula is C19H25NO. The van der Waals surface area contributed by atoms with Gasteiger partial charge in [-0.1, -0.05) is 62.8 Å². The van der Waals surface area contributed by atoms with Crippen molar-refractivity contribution in [3.05, 3.63) is 47.5 Å². The molecule has 1 N–H and O–H groups in total. The van der Waals surface area contributed by atoms with Crippen molar-refractivity contribution in [3.63, 3.8) is 0 Å². The summed E-state index contributed by atoms with van der Waals surface area (Å²) in [7, 11) is 1.72. The Kier molecular flexibility index (Phi) is 5.40. The molecule has 112 valence electrons. The highest BCUT2D eigenvalue weighted by molar-refractivity contribution is 5.95. The number of hydrogen-bond donors (Lipinski definition) is 1. The fraction of sp³-hybridized carbons (Fsp3) is 0.368. The van der Waals surface area contributed by atoms with E-state index in [4.69, 9.17) is 4.74 Å². The second kappa shape index (κ2) is 7.28. The Balaban J connectivity index is 2.41. The van der Waals surface area contributed by atoms with Crippen LogP contribution in [-0.2, 0) is 0 Å². The molecule has 0 aliphatic carbocycles. The summed E-state index contributed by atoms with van der Waals surface area (Å²) in [5.74, 6) is 0.932.